The van der Waals surface area contributed by atoms with Crippen molar-refractivity contribution < 1.29 is 19.1 Å². The zero-order valence-corrected chi connectivity index (χ0v) is 13.3. The van der Waals surface area contributed by atoms with Crippen molar-refractivity contribution in [1.82, 2.24) is 5.32 Å². The predicted octanol–water partition coefficient (Wildman–Crippen LogP) is 1.90. The Morgan fingerprint density at radius 3 is 2.91 bits per heavy atom. The largest absolute Gasteiger partial charge is 0.458 e. The Labute approximate surface area is 134 Å². The lowest BCUT2D eigenvalue weighted by atomic mass is 9.80. The average Bonchev–Trinajstić information content (AvgIpc) is 2.72. The van der Waals surface area contributed by atoms with Crippen LogP contribution in [0.1, 0.15) is 32.6 Å². The molecule has 0 unspecified atom stereocenters. The number of allylic oxidation sites excluding steroid dienone is 1. The van der Waals surface area contributed by atoms with E-state index in [1.165, 1.54) is 6.08 Å². The van der Waals surface area contributed by atoms with Gasteiger partial charge in [0.2, 0.25) is 0 Å². The molecule has 2 aliphatic rings. The van der Waals surface area contributed by atoms with Crippen LogP contribution in [0.4, 0.5) is 0 Å². The van der Waals surface area contributed by atoms with Crippen molar-refractivity contribution in [3.63, 3.8) is 0 Å². The van der Waals surface area contributed by atoms with E-state index in [2.05, 4.69) is 11.9 Å². The molecule has 0 aromatic heterocycles. The second-order valence-corrected chi connectivity index (χ2v) is 6.26. The summed E-state index contributed by atoms with van der Waals surface area (Å²) in [7, 11) is 0. The highest BCUT2D eigenvalue weighted by molar-refractivity contribution is 6.17. The van der Waals surface area contributed by atoms with Crippen LogP contribution in [-0.4, -0.2) is 35.6 Å². The van der Waals surface area contributed by atoms with Crippen LogP contribution < -0.4 is 5.32 Å². The van der Waals surface area contributed by atoms with E-state index in [1.807, 2.05) is 0 Å². The fourth-order valence-corrected chi connectivity index (χ4v) is 3.52. The Hall–Kier alpha value is -1.62. The average molecular weight is 326 g/mol. The first-order valence-corrected chi connectivity index (χ1v) is 7.88. The lowest BCUT2D eigenvalue weighted by Gasteiger charge is -2.33. The minimum Gasteiger partial charge on any atom is -0.458 e. The van der Waals surface area contributed by atoms with Crippen molar-refractivity contribution in [2.45, 2.75) is 44.2 Å². The van der Waals surface area contributed by atoms with Crippen LogP contribution in [0.2, 0.25) is 0 Å². The van der Waals surface area contributed by atoms with Gasteiger partial charge in [-0.15, -0.1) is 11.6 Å². The van der Waals surface area contributed by atoms with E-state index < -0.39 is 11.6 Å². The fourth-order valence-electron chi connectivity index (χ4n) is 3.30. The first-order valence-electron chi connectivity index (χ1n) is 7.34. The number of ketones is 2. The van der Waals surface area contributed by atoms with Gasteiger partial charge in [-0.05, 0) is 32.3 Å². The zero-order chi connectivity index (χ0) is 16.3. The summed E-state index contributed by atoms with van der Waals surface area (Å²) in [6.45, 7) is 5.98. The summed E-state index contributed by atoms with van der Waals surface area (Å²) in [5.74, 6) is -0.132. The summed E-state index contributed by atoms with van der Waals surface area (Å²) in [5, 5.41) is 3.04. The van der Waals surface area contributed by atoms with Gasteiger partial charge >= 0.3 is 0 Å². The highest BCUT2D eigenvalue weighted by Crippen LogP contribution is 2.40. The minimum atomic E-state index is -1.05. The van der Waals surface area contributed by atoms with Gasteiger partial charge in [-0.25, -0.2) is 0 Å². The van der Waals surface area contributed by atoms with E-state index in [-0.39, 0.29) is 17.5 Å². The minimum absolute atomic E-state index is 0.0401. The number of nitrogens with one attached hydrogen (secondary N) is 1. The molecule has 0 amide bonds. The molecular weight excluding hydrogens is 306 g/mol. The summed E-state index contributed by atoms with van der Waals surface area (Å²) in [4.78, 5) is 35.2. The molecule has 0 radical (unpaired) electrons. The first-order chi connectivity index (χ1) is 10.4. The van der Waals surface area contributed by atoms with Crippen LogP contribution >= 0.6 is 11.6 Å². The van der Waals surface area contributed by atoms with Gasteiger partial charge in [-0.3, -0.25) is 14.4 Å². The lowest BCUT2D eigenvalue weighted by Crippen LogP contribution is -2.51. The van der Waals surface area contributed by atoms with Crippen LogP contribution in [0, 0.1) is 5.92 Å². The summed E-state index contributed by atoms with van der Waals surface area (Å²) < 4.78 is 5.28. The summed E-state index contributed by atoms with van der Waals surface area (Å²) in [5.41, 5.74) is 0.0615. The number of alkyl halides is 1. The molecule has 1 saturated heterocycles. The third kappa shape index (κ3) is 2.95. The maximum absolute atomic E-state index is 12.8. The molecule has 5 nitrogen and oxygen atoms in total. The van der Waals surface area contributed by atoms with Crippen molar-refractivity contribution in [1.29, 1.82) is 0 Å². The first kappa shape index (κ1) is 16.7. The Morgan fingerprint density at radius 1 is 1.59 bits per heavy atom. The third-order valence-corrected chi connectivity index (χ3v) is 4.72. The normalized spacial score (nSPS) is 31.5. The number of halogens is 1. The smallest absolute Gasteiger partial charge is 0.293 e. The number of Topliss-reactive ketones (excluding diaryl/α,β-unsaturated/α-hetero) is 1. The number of carbonyl (C=O) groups is 3. The van der Waals surface area contributed by atoms with Gasteiger partial charge in [-0.1, -0.05) is 6.58 Å². The van der Waals surface area contributed by atoms with Crippen LogP contribution in [0.5, 0.6) is 0 Å². The second-order valence-electron chi connectivity index (χ2n) is 5.88. The number of carbonyl (C=O) groups excluding carboxylic acids is 3. The Morgan fingerprint density at radius 2 is 2.32 bits per heavy atom. The topological polar surface area (TPSA) is 72.5 Å². The second kappa shape index (κ2) is 6.65. The van der Waals surface area contributed by atoms with Crippen LogP contribution in [0.3, 0.4) is 0 Å². The third-order valence-electron chi connectivity index (χ3n) is 4.50. The maximum Gasteiger partial charge on any atom is 0.293 e. The van der Waals surface area contributed by atoms with Crippen LogP contribution in [-0.2, 0) is 19.1 Å². The van der Waals surface area contributed by atoms with Gasteiger partial charge in [-0.2, -0.15) is 0 Å². The van der Waals surface area contributed by atoms with Gasteiger partial charge in [0, 0.05) is 29.5 Å². The van der Waals surface area contributed by atoms with Gasteiger partial charge in [0.15, 0.2) is 11.6 Å². The van der Waals surface area contributed by atoms with Crippen molar-refractivity contribution >= 4 is 29.6 Å². The molecule has 2 rings (SSSR count). The van der Waals surface area contributed by atoms with Crippen molar-refractivity contribution in [2.75, 3.05) is 5.88 Å². The molecule has 0 aromatic rings. The van der Waals surface area contributed by atoms with E-state index >= 15 is 0 Å². The van der Waals surface area contributed by atoms with Gasteiger partial charge < -0.3 is 10.1 Å². The van der Waals surface area contributed by atoms with E-state index in [9.17, 15) is 14.4 Å². The van der Waals surface area contributed by atoms with E-state index in [1.54, 1.807) is 6.92 Å². The quantitative estimate of drug-likeness (QED) is 0.596. The highest BCUT2D eigenvalue weighted by Gasteiger charge is 2.54. The molecule has 1 aliphatic heterocycles. The standard InChI is InChI=1S/C16H20ClNO4/c1-10-13(6-7-17)16(2,22-9-19)15(18-10)14(21)11-4-3-5-12(20)8-11/h8-9,13,15,18H,1,3-7H2,2H3/t13-,15+,16-/m0/s1. The Bertz CT molecular complexity index is 542. The molecule has 6 heteroatoms. The zero-order valence-electron chi connectivity index (χ0n) is 12.6. The Balaban J connectivity index is 2.32. The molecule has 22 heavy (non-hydrogen) atoms. The molecule has 1 aliphatic carbocycles. The molecule has 0 spiro atoms. The fraction of sp³-hybridized carbons (Fsp3) is 0.562. The summed E-state index contributed by atoms with van der Waals surface area (Å²) in [6.07, 6.45) is 3.65. The predicted molar refractivity (Wildman–Crippen MR) is 82.4 cm³/mol. The number of hydrogen-bond acceptors (Lipinski definition) is 5. The number of ether oxygens (including phenoxy) is 1. The van der Waals surface area contributed by atoms with Crippen molar-refractivity contribution in [2.24, 2.45) is 5.92 Å². The molecule has 1 N–H and O–H groups in total. The molecule has 0 saturated carbocycles. The molecular formula is C16H20ClNO4. The Kier molecular flexibility index (Phi) is 5.06. The molecule has 1 heterocycles. The van der Waals surface area contributed by atoms with Gasteiger partial charge in [0.1, 0.15) is 11.6 Å². The lowest BCUT2D eigenvalue weighted by molar-refractivity contribution is -0.149. The van der Waals surface area contributed by atoms with Crippen molar-refractivity contribution in [3.8, 4) is 0 Å². The van der Waals surface area contributed by atoms with Crippen molar-refractivity contribution in [3.05, 3.63) is 23.9 Å². The van der Waals surface area contributed by atoms with E-state index in [0.29, 0.717) is 49.3 Å². The summed E-state index contributed by atoms with van der Waals surface area (Å²) >= 11 is 5.82. The number of hydrogen-bond donors (Lipinski definition) is 1. The summed E-state index contributed by atoms with van der Waals surface area (Å²) in [6, 6.07) is -0.740. The van der Waals surface area contributed by atoms with Gasteiger partial charge in [0.25, 0.3) is 6.47 Å². The van der Waals surface area contributed by atoms with E-state index in [0.717, 1.165) is 0 Å². The molecule has 1 fully saturated rings. The number of rotatable bonds is 6. The monoisotopic (exact) mass is 325 g/mol. The van der Waals surface area contributed by atoms with E-state index in [4.69, 9.17) is 16.3 Å². The molecule has 0 aromatic carbocycles. The van der Waals surface area contributed by atoms with Gasteiger partial charge in [0.05, 0.1) is 0 Å². The molecule has 3 atom stereocenters. The molecule has 0 bridgehead atoms. The maximum atomic E-state index is 12.8. The van der Waals surface area contributed by atoms with Crippen LogP contribution in [0.25, 0.3) is 0 Å². The highest BCUT2D eigenvalue weighted by atomic mass is 35.5. The van der Waals surface area contributed by atoms with Crippen LogP contribution in [0.15, 0.2) is 23.9 Å². The SMILES string of the molecule is C=C1N[C@H](C(=O)C2=CC(=O)CCC2)[C@@](C)(OC=O)[C@H]1CCCl. The molecule has 120 valence electrons.